The quantitative estimate of drug-likeness (QED) is 0.658. The second-order valence-corrected chi connectivity index (χ2v) is 6.29. The maximum atomic E-state index is 12.9. The van der Waals surface area contributed by atoms with Crippen molar-refractivity contribution in [2.75, 3.05) is 11.9 Å². The van der Waals surface area contributed by atoms with Gasteiger partial charge in [-0.15, -0.1) is 0 Å². The van der Waals surface area contributed by atoms with Gasteiger partial charge >= 0.3 is 6.18 Å². The fourth-order valence-corrected chi connectivity index (χ4v) is 2.03. The minimum atomic E-state index is -4.52. The number of nitrogens with one attached hydrogen (secondary N) is 1. The first-order valence-electron chi connectivity index (χ1n) is 6.64. The summed E-state index contributed by atoms with van der Waals surface area (Å²) < 4.78 is 38.8. The summed E-state index contributed by atoms with van der Waals surface area (Å²) in [6.07, 6.45) is -4.52. The van der Waals surface area contributed by atoms with Gasteiger partial charge in [0.2, 0.25) is 0 Å². The fourth-order valence-electron chi connectivity index (χ4n) is 2.03. The van der Waals surface area contributed by atoms with Crippen LogP contribution >= 0.6 is 0 Å². The van der Waals surface area contributed by atoms with Crippen LogP contribution in [-0.4, -0.2) is 18.9 Å². The van der Waals surface area contributed by atoms with Gasteiger partial charge in [-0.25, -0.2) is 0 Å². The van der Waals surface area contributed by atoms with E-state index in [0.29, 0.717) is 5.69 Å². The second-order valence-electron chi connectivity index (χ2n) is 6.29. The molecule has 0 saturated heterocycles. The molecule has 0 aliphatic heterocycles. The van der Waals surface area contributed by atoms with Crippen LogP contribution in [0.25, 0.3) is 0 Å². The molecule has 1 aromatic carbocycles. The molecule has 1 rings (SSSR count). The van der Waals surface area contributed by atoms with E-state index in [4.69, 9.17) is 11.1 Å². The Morgan fingerprint density at radius 1 is 1.24 bits per heavy atom. The molecule has 3 nitrogen and oxygen atoms in total. The zero-order valence-electron chi connectivity index (χ0n) is 13.0. The first-order valence-corrected chi connectivity index (χ1v) is 6.64. The molecule has 0 heterocycles. The molecule has 21 heavy (non-hydrogen) atoms. The van der Waals surface area contributed by atoms with E-state index in [1.165, 1.54) is 12.1 Å². The van der Waals surface area contributed by atoms with Gasteiger partial charge < -0.3 is 10.6 Å². The molecule has 0 fully saturated rings. The Morgan fingerprint density at radius 2 is 1.76 bits per heavy atom. The summed E-state index contributed by atoms with van der Waals surface area (Å²) in [4.78, 5) is 1.90. The van der Waals surface area contributed by atoms with E-state index < -0.39 is 17.6 Å². The van der Waals surface area contributed by atoms with Crippen LogP contribution < -0.4 is 10.6 Å². The largest absolute Gasteiger partial charge is 0.417 e. The molecule has 3 N–H and O–H groups in total. The van der Waals surface area contributed by atoms with Crippen molar-refractivity contribution < 1.29 is 13.2 Å². The van der Waals surface area contributed by atoms with Crippen molar-refractivity contribution in [1.29, 1.82) is 5.41 Å². The number of hydrogen-bond acceptors (Lipinski definition) is 2. The average Bonchev–Trinajstić information content (AvgIpc) is 2.34. The Balaban J connectivity index is 3.30. The maximum absolute atomic E-state index is 12.9. The summed E-state index contributed by atoms with van der Waals surface area (Å²) in [5.41, 5.74) is 4.72. The fraction of sp³-hybridized carbons (Fsp3) is 0.533. The van der Waals surface area contributed by atoms with E-state index in [9.17, 15) is 13.2 Å². The van der Waals surface area contributed by atoms with Gasteiger partial charge in [-0.05, 0) is 30.5 Å². The summed E-state index contributed by atoms with van der Waals surface area (Å²) in [6, 6.07) is 3.83. The Morgan fingerprint density at radius 3 is 2.14 bits per heavy atom. The number of hydrogen-bond donors (Lipinski definition) is 2. The van der Waals surface area contributed by atoms with E-state index in [-0.39, 0.29) is 17.0 Å². The third kappa shape index (κ3) is 3.89. The number of anilines is 1. The van der Waals surface area contributed by atoms with Crippen molar-refractivity contribution in [2.24, 2.45) is 11.1 Å². The molecule has 118 valence electrons. The molecule has 1 aromatic rings. The molecule has 0 aliphatic carbocycles. The maximum Gasteiger partial charge on any atom is 0.417 e. The zero-order valence-corrected chi connectivity index (χ0v) is 13.0. The minimum Gasteiger partial charge on any atom is -0.384 e. The van der Waals surface area contributed by atoms with Crippen LogP contribution in [0.5, 0.6) is 0 Å². The van der Waals surface area contributed by atoms with Crippen LogP contribution in [-0.2, 0) is 6.18 Å². The predicted octanol–water partition coefficient (Wildman–Crippen LogP) is 3.86. The lowest BCUT2D eigenvalue weighted by Gasteiger charge is -2.37. The highest BCUT2D eigenvalue weighted by molar-refractivity contribution is 5.97. The molecule has 0 aliphatic rings. The first kappa shape index (κ1) is 17.3. The lowest BCUT2D eigenvalue weighted by Crippen LogP contribution is -2.39. The number of halogens is 3. The number of benzene rings is 1. The van der Waals surface area contributed by atoms with E-state index in [2.05, 4.69) is 20.8 Å². The van der Waals surface area contributed by atoms with Gasteiger partial charge in [0.15, 0.2) is 0 Å². The van der Waals surface area contributed by atoms with E-state index in [0.717, 1.165) is 6.07 Å². The smallest absolute Gasteiger partial charge is 0.384 e. The molecule has 1 unspecified atom stereocenters. The van der Waals surface area contributed by atoms with Gasteiger partial charge in [0.05, 0.1) is 5.56 Å². The third-order valence-electron chi connectivity index (χ3n) is 3.84. The predicted molar refractivity (Wildman–Crippen MR) is 79.8 cm³/mol. The molecule has 0 saturated carbocycles. The zero-order chi connectivity index (χ0) is 16.6. The van der Waals surface area contributed by atoms with Crippen molar-refractivity contribution in [3.63, 3.8) is 0 Å². The van der Waals surface area contributed by atoms with Crippen LogP contribution in [0.1, 0.15) is 38.8 Å². The molecule has 1 atom stereocenters. The van der Waals surface area contributed by atoms with Crippen molar-refractivity contribution in [3.8, 4) is 0 Å². The van der Waals surface area contributed by atoms with Gasteiger partial charge in [0.1, 0.15) is 5.84 Å². The normalized spacial score (nSPS) is 13.9. The molecule has 0 aromatic heterocycles. The molecule has 0 radical (unpaired) electrons. The van der Waals surface area contributed by atoms with Gasteiger partial charge in [0.25, 0.3) is 0 Å². The highest BCUT2D eigenvalue weighted by atomic mass is 19.4. The van der Waals surface area contributed by atoms with Crippen LogP contribution in [0.3, 0.4) is 0 Å². The van der Waals surface area contributed by atoms with Gasteiger partial charge in [0, 0.05) is 24.3 Å². The molecular weight excluding hydrogens is 279 g/mol. The highest BCUT2D eigenvalue weighted by Gasteiger charge is 2.34. The van der Waals surface area contributed by atoms with Crippen molar-refractivity contribution in [1.82, 2.24) is 0 Å². The Kier molecular flexibility index (Phi) is 4.60. The monoisotopic (exact) mass is 301 g/mol. The number of rotatable bonds is 3. The van der Waals surface area contributed by atoms with Crippen molar-refractivity contribution in [3.05, 3.63) is 29.3 Å². The Bertz CT molecular complexity index is 530. The van der Waals surface area contributed by atoms with E-state index >= 15 is 0 Å². The average molecular weight is 301 g/mol. The molecule has 0 spiro atoms. The SMILES string of the molecule is CC(N(C)c1ccc(C(F)(F)F)c(C(=N)N)c1)C(C)(C)C. The Hall–Kier alpha value is -1.72. The summed E-state index contributed by atoms with van der Waals surface area (Å²) in [6.45, 7) is 8.18. The number of alkyl halides is 3. The summed E-state index contributed by atoms with van der Waals surface area (Å²) >= 11 is 0. The number of nitrogens with two attached hydrogens (primary N) is 1. The second kappa shape index (κ2) is 5.58. The van der Waals surface area contributed by atoms with Crippen molar-refractivity contribution in [2.45, 2.75) is 39.9 Å². The third-order valence-corrected chi connectivity index (χ3v) is 3.84. The van der Waals surface area contributed by atoms with E-state index in [1.54, 1.807) is 0 Å². The highest BCUT2D eigenvalue weighted by Crippen LogP contribution is 2.35. The molecule has 6 heteroatoms. The number of nitrogen functional groups attached to an aromatic ring is 1. The van der Waals surface area contributed by atoms with Crippen molar-refractivity contribution >= 4 is 11.5 Å². The lowest BCUT2D eigenvalue weighted by atomic mass is 9.87. The van der Waals surface area contributed by atoms with Gasteiger partial charge in [-0.3, -0.25) is 5.41 Å². The summed E-state index contributed by atoms with van der Waals surface area (Å²) in [5, 5.41) is 7.38. The van der Waals surface area contributed by atoms with Crippen LogP contribution in [0.15, 0.2) is 18.2 Å². The molecule has 0 bridgehead atoms. The molecule has 0 amide bonds. The number of amidine groups is 1. The van der Waals surface area contributed by atoms with E-state index in [1.807, 2.05) is 18.9 Å². The van der Waals surface area contributed by atoms with Gasteiger partial charge in [-0.1, -0.05) is 20.8 Å². The van der Waals surface area contributed by atoms with Crippen LogP contribution in [0.2, 0.25) is 0 Å². The lowest BCUT2D eigenvalue weighted by molar-refractivity contribution is -0.137. The molecular formula is C15H22F3N3. The standard InChI is InChI=1S/C15H22F3N3/c1-9(14(2,3)4)21(5)10-6-7-12(15(16,17)18)11(8-10)13(19)20/h6-9H,1-5H3,(H3,19,20). The Labute approximate surface area is 123 Å². The summed E-state index contributed by atoms with van der Waals surface area (Å²) in [5.74, 6) is -0.582. The minimum absolute atomic E-state index is 0.0339. The summed E-state index contributed by atoms with van der Waals surface area (Å²) in [7, 11) is 1.82. The van der Waals surface area contributed by atoms with Crippen LogP contribution in [0.4, 0.5) is 18.9 Å². The first-order chi connectivity index (χ1) is 9.35. The van der Waals surface area contributed by atoms with Gasteiger partial charge in [-0.2, -0.15) is 13.2 Å². The van der Waals surface area contributed by atoms with Crippen LogP contribution in [0, 0.1) is 10.8 Å². The topological polar surface area (TPSA) is 53.1 Å². The number of nitrogens with zero attached hydrogens (tertiary/aromatic N) is 1.